The number of fused-ring (bicyclic) bond motifs is 1. The van der Waals surface area contributed by atoms with E-state index >= 15 is 0 Å². The number of benzene rings is 2. The van der Waals surface area contributed by atoms with Gasteiger partial charge in [-0.1, -0.05) is 0 Å². The maximum atomic E-state index is 14.4. The van der Waals surface area contributed by atoms with E-state index in [0.29, 0.717) is 0 Å². The predicted molar refractivity (Wildman–Crippen MR) is 294 cm³/mol. The van der Waals surface area contributed by atoms with Crippen LogP contribution in [0.2, 0.25) is 0 Å². The van der Waals surface area contributed by atoms with Gasteiger partial charge in [-0.25, -0.2) is 0 Å². The molecule has 7 aliphatic rings. The number of aromatic hydroxyl groups is 3. The fourth-order valence-electron chi connectivity index (χ4n) is 11.9. The Labute approximate surface area is 529 Å². The highest BCUT2D eigenvalue weighted by Gasteiger charge is 2.57. The lowest BCUT2D eigenvalue weighted by Crippen LogP contribution is -2.67. The van der Waals surface area contributed by atoms with E-state index in [1.54, 1.807) is 0 Å². The summed E-state index contributed by atoms with van der Waals surface area (Å²) >= 11 is 0. The van der Waals surface area contributed by atoms with Crippen molar-refractivity contribution < 1.29 is 183 Å². The number of rotatable bonds is 20. The van der Waals surface area contributed by atoms with Crippen LogP contribution in [0, 0.1) is 0 Å². The molecule has 7 saturated heterocycles. The van der Waals surface area contributed by atoms with Crippen LogP contribution in [-0.4, -0.2) is 355 Å². The zero-order valence-corrected chi connectivity index (χ0v) is 49.3. The molecular weight excluding hydrogens is 1280 g/mol. The molecule has 38 nitrogen and oxygen atoms in total. The first kappa shape index (κ1) is 72.3. The van der Waals surface area contributed by atoms with Gasteiger partial charge < -0.3 is 183 Å². The van der Waals surface area contributed by atoms with Crippen LogP contribution in [-0.2, 0) is 61.6 Å². The number of phenolic OH excluding ortho intramolecular Hbond substituents is 3. The average Bonchev–Trinajstić information content (AvgIpc) is 0.770. The maximum Gasteiger partial charge on any atom is 0.239 e. The third kappa shape index (κ3) is 14.7. The Hall–Kier alpha value is -4.43. The van der Waals surface area contributed by atoms with Gasteiger partial charge in [-0.05, 0) is 31.2 Å². The Balaban J connectivity index is 0.791. The van der Waals surface area contributed by atoms with Crippen molar-refractivity contribution in [1.29, 1.82) is 0 Å². The highest BCUT2D eigenvalue weighted by Crippen LogP contribution is 2.41. The van der Waals surface area contributed by atoms with Crippen LogP contribution in [0.5, 0.6) is 23.0 Å². The van der Waals surface area contributed by atoms with E-state index in [2.05, 4.69) is 0 Å². The largest absolute Gasteiger partial charge is 0.508 e. The summed E-state index contributed by atoms with van der Waals surface area (Å²) < 4.78 is 86.6. The molecule has 0 aliphatic carbocycles. The van der Waals surface area contributed by atoms with Crippen molar-refractivity contribution in [1.82, 2.24) is 0 Å². The van der Waals surface area contributed by atoms with E-state index < -0.39 is 277 Å². The van der Waals surface area contributed by atoms with Crippen LogP contribution in [0.1, 0.15) is 13.3 Å². The number of aliphatic hydroxyl groups is 19. The van der Waals surface area contributed by atoms with Crippen molar-refractivity contribution >= 4 is 11.0 Å². The zero-order chi connectivity index (χ0) is 68.0. The van der Waals surface area contributed by atoms with E-state index in [-0.39, 0.29) is 22.7 Å². The lowest BCUT2D eigenvalue weighted by Gasteiger charge is -2.49. The first-order valence-corrected chi connectivity index (χ1v) is 29.7. The minimum absolute atomic E-state index is 0.0751. The number of phenols is 3. The molecule has 22 N–H and O–H groups in total. The molecular formula is C56H78O38. The predicted octanol–water partition coefficient (Wildman–Crippen LogP) is -10.6. The van der Waals surface area contributed by atoms with Gasteiger partial charge in [-0.2, -0.15) is 0 Å². The number of hydrogen-bond acceptors (Lipinski definition) is 38. The Morgan fingerprint density at radius 2 is 0.926 bits per heavy atom. The van der Waals surface area contributed by atoms with Crippen LogP contribution < -0.4 is 10.2 Å². The molecule has 1 aromatic heterocycles. The van der Waals surface area contributed by atoms with Crippen molar-refractivity contribution in [3.8, 4) is 34.3 Å². The van der Waals surface area contributed by atoms with Crippen molar-refractivity contribution in [3.63, 3.8) is 0 Å². The standard InChI is InChI=1S/C56H78O38/c1-15-29(65)33(69)39(75)50(82-15)80-13-19-8-21(64)45(56(83-19)94-49-32(68)28-20(63)6-18(62)7-22(28)84-44(49)16-2-4-17(61)5-3-16)90-51-38(74)31(67)27(14-81-51)89-52-41(77)35(71)46(24(10-58)86-52)92-54-43(79)37(73)48(26(12-60)88-54)93-55-42(78)36(72)47(25(11-59)87-55)91-53-40(76)34(70)30(66)23(9-57)85-53/h2-7,15,19,21,23-27,29-31,33-43,45-48,50-67,69-79H,8-14H2,1H3/t15?,19?,21-,23?,24?,25?,26?,27+,29-,30+,31-,33-,34-,35+,36+,37+,38?,39?,40?,41?,42?,43?,45?,46+,47+,48+,50+,51-,52+,53+,54+,55+,56-/m0/s1. The summed E-state index contributed by atoms with van der Waals surface area (Å²) in [6.45, 7) is -3.82. The number of ether oxygens (including phenoxy) is 14. The molecule has 8 heterocycles. The first-order chi connectivity index (χ1) is 44.7. The molecule has 10 rings (SSSR count). The van der Waals surface area contributed by atoms with Gasteiger partial charge in [-0.3, -0.25) is 4.79 Å². The second-order valence-electron chi connectivity index (χ2n) is 23.6. The fourth-order valence-corrected chi connectivity index (χ4v) is 11.9. The molecule has 0 bridgehead atoms. The molecule has 0 saturated carbocycles. The van der Waals surface area contributed by atoms with Crippen molar-refractivity contribution in [3.05, 3.63) is 46.6 Å². The van der Waals surface area contributed by atoms with E-state index in [9.17, 15) is 117 Å². The van der Waals surface area contributed by atoms with Crippen molar-refractivity contribution in [2.75, 3.05) is 39.6 Å². The molecule has 0 spiro atoms. The second-order valence-corrected chi connectivity index (χ2v) is 23.6. The molecule has 7 aliphatic heterocycles. The Morgan fingerprint density at radius 1 is 0.457 bits per heavy atom. The summed E-state index contributed by atoms with van der Waals surface area (Å²) in [5.74, 6) is -2.56. The molecule has 3 aromatic rings. The van der Waals surface area contributed by atoms with Gasteiger partial charge in [0.15, 0.2) is 43.5 Å². The topological polar surface area (TPSA) is 604 Å². The quantitative estimate of drug-likeness (QED) is 0.0499. The smallest absolute Gasteiger partial charge is 0.239 e. The Kier molecular flexibility index (Phi) is 23.4. The Bertz CT molecular complexity index is 2990. The van der Waals surface area contributed by atoms with Gasteiger partial charge in [0.2, 0.25) is 17.5 Å². The molecule has 0 amide bonds. The maximum absolute atomic E-state index is 14.4. The van der Waals surface area contributed by atoms with Gasteiger partial charge in [-0.15, -0.1) is 0 Å². The summed E-state index contributed by atoms with van der Waals surface area (Å²) in [5, 5.41) is 236. The molecule has 13 unspecified atom stereocenters. The van der Waals surface area contributed by atoms with Crippen LogP contribution in [0.3, 0.4) is 0 Å². The van der Waals surface area contributed by atoms with Crippen molar-refractivity contribution in [2.45, 2.75) is 216 Å². The number of hydrogen-bond donors (Lipinski definition) is 22. The minimum atomic E-state index is -2.21. The van der Waals surface area contributed by atoms with E-state index in [1.807, 2.05) is 0 Å². The SMILES string of the molecule is CC1O[C@@H](OCC2C[C@H](O)C(O[C@@H]3OC[C@@H](O[C@H]4OC(CO)[C@@H](O[C@H]5OC(CO)[C@@H](O[C@H]6OC(CO)[C@@H](O[C@H]7OC(CO)[C@@H](O)[C@H](O)C7O)[C@H](O)C6O)[C@H](O)C5O)[C@H](O)C4O)[C@H](O)C3O)[C@H](Oc3c(-c4ccc(O)cc4)oc4cc(O)cc(O)c4c3=O)O2)C(O)[C@@H](O)[C@H]1O. The summed E-state index contributed by atoms with van der Waals surface area (Å²) in [4.78, 5) is 14.4. The third-order valence-electron chi connectivity index (χ3n) is 17.2. The van der Waals surface area contributed by atoms with Crippen LogP contribution in [0.15, 0.2) is 45.6 Å². The summed E-state index contributed by atoms with van der Waals surface area (Å²) in [6, 6.07) is 6.94. The van der Waals surface area contributed by atoms with Gasteiger partial charge >= 0.3 is 0 Å². The monoisotopic (exact) mass is 1360 g/mol. The molecule has 38 heteroatoms. The highest BCUT2D eigenvalue weighted by atomic mass is 16.8. The van der Waals surface area contributed by atoms with Crippen LogP contribution >= 0.6 is 0 Å². The fraction of sp³-hybridized carbons (Fsp3) is 0.732. The molecule has 530 valence electrons. The molecule has 2 aromatic carbocycles. The normalized spacial score (nSPS) is 44.7. The van der Waals surface area contributed by atoms with Crippen molar-refractivity contribution in [2.24, 2.45) is 0 Å². The van der Waals surface area contributed by atoms with Crippen LogP contribution in [0.4, 0.5) is 0 Å². The minimum Gasteiger partial charge on any atom is -0.508 e. The zero-order valence-electron chi connectivity index (χ0n) is 49.3. The van der Waals surface area contributed by atoms with E-state index in [1.165, 1.54) is 31.2 Å². The lowest BCUT2D eigenvalue weighted by molar-refractivity contribution is -0.392. The summed E-state index contributed by atoms with van der Waals surface area (Å²) in [5.41, 5.74) is -1.34. The highest BCUT2D eigenvalue weighted by molar-refractivity contribution is 5.88. The molecule has 33 atom stereocenters. The van der Waals surface area contributed by atoms with Gasteiger partial charge in [0.1, 0.15) is 169 Å². The molecule has 0 radical (unpaired) electrons. The van der Waals surface area contributed by atoms with E-state index in [0.717, 1.165) is 12.1 Å². The van der Waals surface area contributed by atoms with Gasteiger partial charge in [0, 0.05) is 24.1 Å². The van der Waals surface area contributed by atoms with Gasteiger partial charge in [0.25, 0.3) is 0 Å². The molecule has 94 heavy (non-hydrogen) atoms. The van der Waals surface area contributed by atoms with Crippen LogP contribution in [0.25, 0.3) is 22.3 Å². The summed E-state index contributed by atoms with van der Waals surface area (Å²) in [7, 11) is 0. The molecule has 7 fully saturated rings. The first-order valence-electron chi connectivity index (χ1n) is 29.7. The van der Waals surface area contributed by atoms with Gasteiger partial charge in [0.05, 0.1) is 58.0 Å². The van der Waals surface area contributed by atoms with E-state index in [4.69, 9.17) is 70.7 Å². The lowest BCUT2D eigenvalue weighted by atomic mass is 9.95. The number of aliphatic hydroxyl groups excluding tert-OH is 19. The average molecular weight is 1360 g/mol. The summed E-state index contributed by atoms with van der Waals surface area (Å²) in [6.07, 6.45) is -61.3. The second kappa shape index (κ2) is 30.4. The Morgan fingerprint density at radius 3 is 1.46 bits per heavy atom. The third-order valence-corrected chi connectivity index (χ3v) is 17.2.